The van der Waals surface area contributed by atoms with Crippen LogP contribution >= 0.6 is 0 Å². The molecule has 0 bridgehead atoms. The fourth-order valence-electron chi connectivity index (χ4n) is 1.54. The maximum Gasteiger partial charge on any atom is 0.0419 e. The van der Waals surface area contributed by atoms with E-state index in [0.717, 1.165) is 12.5 Å². The first-order valence-electron chi connectivity index (χ1n) is 5.00. The van der Waals surface area contributed by atoms with Crippen LogP contribution in [0.15, 0.2) is 24.4 Å². The normalized spacial score (nSPS) is 18.5. The molecule has 13 heavy (non-hydrogen) atoms. The predicted octanol–water partition coefficient (Wildman–Crippen LogP) is 1.76. The van der Waals surface area contributed by atoms with Gasteiger partial charge in [0.05, 0.1) is 0 Å². The highest BCUT2D eigenvalue weighted by atomic mass is 15.0. The average Bonchev–Trinajstić information content (AvgIpc) is 2.90. The first-order chi connectivity index (χ1) is 6.34. The summed E-state index contributed by atoms with van der Waals surface area (Å²) in [6, 6.07) is 7.45. The summed E-state index contributed by atoms with van der Waals surface area (Å²) in [7, 11) is 0. The summed E-state index contributed by atoms with van der Waals surface area (Å²) in [5.41, 5.74) is 1.18. The lowest BCUT2D eigenvalue weighted by Crippen LogP contribution is -2.30. The number of pyridine rings is 1. The van der Waals surface area contributed by atoms with E-state index in [-0.39, 0.29) is 0 Å². The van der Waals surface area contributed by atoms with Crippen molar-refractivity contribution in [2.75, 3.05) is 0 Å². The Bertz CT molecular complexity index is 254. The average molecular weight is 176 g/mol. The second kappa shape index (κ2) is 3.88. The van der Waals surface area contributed by atoms with Crippen LogP contribution in [0.2, 0.25) is 0 Å². The molecule has 1 aliphatic carbocycles. The molecule has 0 saturated heterocycles. The number of rotatable bonds is 4. The SMILES string of the molecule is CC(Cc1ccccn1)NC1CC1. The van der Waals surface area contributed by atoms with E-state index >= 15 is 0 Å². The topological polar surface area (TPSA) is 24.9 Å². The van der Waals surface area contributed by atoms with Gasteiger partial charge in [0.15, 0.2) is 0 Å². The van der Waals surface area contributed by atoms with Gasteiger partial charge in [-0.15, -0.1) is 0 Å². The van der Waals surface area contributed by atoms with Gasteiger partial charge in [0.25, 0.3) is 0 Å². The zero-order valence-electron chi connectivity index (χ0n) is 8.03. The van der Waals surface area contributed by atoms with Crippen molar-refractivity contribution in [2.24, 2.45) is 0 Å². The Kier molecular flexibility index (Phi) is 2.60. The van der Waals surface area contributed by atoms with Crippen LogP contribution in [0, 0.1) is 0 Å². The number of nitrogens with one attached hydrogen (secondary N) is 1. The predicted molar refractivity (Wildman–Crippen MR) is 53.6 cm³/mol. The summed E-state index contributed by atoms with van der Waals surface area (Å²) in [5, 5.41) is 3.56. The molecule has 1 heterocycles. The maximum atomic E-state index is 4.31. The van der Waals surface area contributed by atoms with Gasteiger partial charge in [-0.2, -0.15) is 0 Å². The quantitative estimate of drug-likeness (QED) is 0.756. The van der Waals surface area contributed by atoms with Gasteiger partial charge in [-0.1, -0.05) is 6.07 Å². The lowest BCUT2D eigenvalue weighted by atomic mass is 10.1. The molecule has 0 aliphatic heterocycles. The molecule has 1 aliphatic rings. The zero-order valence-corrected chi connectivity index (χ0v) is 8.03. The van der Waals surface area contributed by atoms with E-state index in [4.69, 9.17) is 0 Å². The summed E-state index contributed by atoms with van der Waals surface area (Å²) in [6.45, 7) is 2.23. The highest BCUT2D eigenvalue weighted by Crippen LogP contribution is 2.19. The van der Waals surface area contributed by atoms with Gasteiger partial charge in [-0.3, -0.25) is 4.98 Å². The van der Waals surface area contributed by atoms with Gasteiger partial charge in [0.2, 0.25) is 0 Å². The lowest BCUT2D eigenvalue weighted by Gasteiger charge is -2.11. The number of nitrogens with zero attached hydrogens (tertiary/aromatic N) is 1. The van der Waals surface area contributed by atoms with E-state index in [0.29, 0.717) is 6.04 Å². The highest BCUT2D eigenvalue weighted by molar-refractivity contribution is 5.05. The second-order valence-corrected chi connectivity index (χ2v) is 3.87. The molecule has 0 spiro atoms. The van der Waals surface area contributed by atoms with Crippen LogP contribution in [0.25, 0.3) is 0 Å². The lowest BCUT2D eigenvalue weighted by molar-refractivity contribution is 0.537. The minimum Gasteiger partial charge on any atom is -0.311 e. The summed E-state index contributed by atoms with van der Waals surface area (Å²) in [6.07, 6.45) is 5.61. The van der Waals surface area contributed by atoms with Crippen molar-refractivity contribution in [3.8, 4) is 0 Å². The van der Waals surface area contributed by atoms with Crippen LogP contribution < -0.4 is 5.32 Å². The Balaban J connectivity index is 1.82. The van der Waals surface area contributed by atoms with Gasteiger partial charge in [0, 0.05) is 30.4 Å². The molecule has 1 aromatic heterocycles. The summed E-state index contributed by atoms with van der Waals surface area (Å²) in [4.78, 5) is 4.31. The van der Waals surface area contributed by atoms with Crippen molar-refractivity contribution in [1.82, 2.24) is 10.3 Å². The zero-order chi connectivity index (χ0) is 9.10. The molecule has 0 amide bonds. The third kappa shape index (κ3) is 2.81. The summed E-state index contributed by atoms with van der Waals surface area (Å²) < 4.78 is 0. The Labute approximate surface area is 79.4 Å². The molecule has 1 saturated carbocycles. The molecule has 1 atom stereocenters. The number of aromatic nitrogens is 1. The molecule has 1 aromatic rings. The minimum absolute atomic E-state index is 0.558. The fraction of sp³-hybridized carbons (Fsp3) is 0.545. The van der Waals surface area contributed by atoms with E-state index in [9.17, 15) is 0 Å². The van der Waals surface area contributed by atoms with Gasteiger partial charge < -0.3 is 5.32 Å². The third-order valence-corrected chi connectivity index (χ3v) is 2.34. The molecule has 1 N–H and O–H groups in total. The molecule has 70 valence electrons. The van der Waals surface area contributed by atoms with Gasteiger partial charge in [0.1, 0.15) is 0 Å². The van der Waals surface area contributed by atoms with Crippen molar-refractivity contribution in [3.05, 3.63) is 30.1 Å². The van der Waals surface area contributed by atoms with Crippen LogP contribution in [0.1, 0.15) is 25.5 Å². The summed E-state index contributed by atoms with van der Waals surface area (Å²) in [5.74, 6) is 0. The van der Waals surface area contributed by atoms with Gasteiger partial charge in [-0.05, 0) is 31.9 Å². The van der Waals surface area contributed by atoms with Crippen LogP contribution in [0.3, 0.4) is 0 Å². The van der Waals surface area contributed by atoms with E-state index in [2.05, 4.69) is 23.3 Å². The van der Waals surface area contributed by atoms with Crippen molar-refractivity contribution < 1.29 is 0 Å². The fourth-order valence-corrected chi connectivity index (χ4v) is 1.54. The molecule has 0 radical (unpaired) electrons. The minimum atomic E-state index is 0.558. The molecule has 0 aromatic carbocycles. The van der Waals surface area contributed by atoms with Crippen LogP contribution in [0.4, 0.5) is 0 Å². The van der Waals surface area contributed by atoms with Crippen LogP contribution in [-0.2, 0) is 6.42 Å². The number of hydrogen-bond acceptors (Lipinski definition) is 2. The third-order valence-electron chi connectivity index (χ3n) is 2.34. The Hall–Kier alpha value is -0.890. The molecule has 1 fully saturated rings. The molecule has 2 rings (SSSR count). The van der Waals surface area contributed by atoms with E-state index in [1.54, 1.807) is 0 Å². The van der Waals surface area contributed by atoms with Crippen molar-refractivity contribution in [3.63, 3.8) is 0 Å². The monoisotopic (exact) mass is 176 g/mol. The Morgan fingerprint density at radius 2 is 2.38 bits per heavy atom. The van der Waals surface area contributed by atoms with Crippen molar-refractivity contribution in [2.45, 2.75) is 38.3 Å². The molecule has 1 unspecified atom stereocenters. The highest BCUT2D eigenvalue weighted by Gasteiger charge is 2.22. The standard InChI is InChI=1S/C11H16N2/c1-9(13-10-5-6-10)8-11-4-2-3-7-12-11/h2-4,7,9-10,13H,5-6,8H2,1H3. The molecular formula is C11H16N2. The Morgan fingerprint density at radius 1 is 1.54 bits per heavy atom. The smallest absolute Gasteiger partial charge is 0.0419 e. The first kappa shape index (κ1) is 8.70. The molecule has 2 heteroatoms. The number of hydrogen-bond donors (Lipinski definition) is 1. The van der Waals surface area contributed by atoms with E-state index < -0.39 is 0 Å². The maximum absolute atomic E-state index is 4.31. The van der Waals surface area contributed by atoms with Crippen molar-refractivity contribution >= 4 is 0 Å². The van der Waals surface area contributed by atoms with Crippen LogP contribution in [-0.4, -0.2) is 17.1 Å². The summed E-state index contributed by atoms with van der Waals surface area (Å²) >= 11 is 0. The van der Waals surface area contributed by atoms with E-state index in [1.807, 2.05) is 18.3 Å². The van der Waals surface area contributed by atoms with Crippen molar-refractivity contribution in [1.29, 1.82) is 0 Å². The largest absolute Gasteiger partial charge is 0.311 e. The molecular weight excluding hydrogens is 160 g/mol. The van der Waals surface area contributed by atoms with E-state index in [1.165, 1.54) is 18.5 Å². The molecule has 2 nitrogen and oxygen atoms in total. The second-order valence-electron chi connectivity index (χ2n) is 3.87. The first-order valence-corrected chi connectivity index (χ1v) is 5.00. The Morgan fingerprint density at radius 3 is 3.00 bits per heavy atom. The van der Waals surface area contributed by atoms with Crippen LogP contribution in [0.5, 0.6) is 0 Å². The van der Waals surface area contributed by atoms with Gasteiger partial charge in [-0.25, -0.2) is 0 Å². The van der Waals surface area contributed by atoms with Gasteiger partial charge >= 0.3 is 0 Å².